The van der Waals surface area contributed by atoms with Crippen molar-refractivity contribution >= 4 is 28.4 Å². The van der Waals surface area contributed by atoms with Crippen LogP contribution < -0.4 is 14.8 Å². The molecule has 0 aliphatic carbocycles. The van der Waals surface area contributed by atoms with E-state index in [4.69, 9.17) is 14.2 Å². The highest BCUT2D eigenvalue weighted by molar-refractivity contribution is 5.93. The van der Waals surface area contributed by atoms with Crippen LogP contribution in [0.4, 0.5) is 15.9 Å². The molecule has 1 heterocycles. The van der Waals surface area contributed by atoms with E-state index >= 15 is 0 Å². The number of aromatic nitrogens is 2. The molecule has 3 rings (SSSR count). The molecule has 0 fully saturated rings. The van der Waals surface area contributed by atoms with Gasteiger partial charge in [-0.15, -0.1) is 0 Å². The fourth-order valence-corrected chi connectivity index (χ4v) is 2.66. The number of nitrogens with zero attached hydrogens (tertiary/aromatic N) is 2. The Kier molecular flexibility index (Phi) is 5.96. The van der Waals surface area contributed by atoms with Crippen LogP contribution in [0.1, 0.15) is 12.5 Å². The molecule has 0 spiro atoms. The third-order valence-corrected chi connectivity index (χ3v) is 4.11. The monoisotopic (exact) mass is 401 g/mol. The predicted molar refractivity (Wildman–Crippen MR) is 104 cm³/mol. The zero-order valence-corrected chi connectivity index (χ0v) is 16.2. The SMILES string of the molecule is COc1cc2c(Nc3cc(O)c(C)cc3F)ncnc2cc1OCCOC(C)=O. The first-order valence-corrected chi connectivity index (χ1v) is 8.74. The number of anilines is 2. The summed E-state index contributed by atoms with van der Waals surface area (Å²) >= 11 is 0. The second-order valence-electron chi connectivity index (χ2n) is 6.17. The highest BCUT2D eigenvalue weighted by Gasteiger charge is 2.14. The van der Waals surface area contributed by atoms with Crippen LogP contribution in [-0.4, -0.2) is 41.4 Å². The number of hydrogen-bond donors (Lipinski definition) is 2. The van der Waals surface area contributed by atoms with Crippen LogP contribution in [0.2, 0.25) is 0 Å². The molecule has 0 aliphatic rings. The summed E-state index contributed by atoms with van der Waals surface area (Å²) in [5.74, 6) is 0.206. The summed E-state index contributed by atoms with van der Waals surface area (Å²) in [5, 5.41) is 13.3. The van der Waals surface area contributed by atoms with E-state index in [1.54, 1.807) is 19.1 Å². The lowest BCUT2D eigenvalue weighted by atomic mass is 10.1. The third-order valence-electron chi connectivity index (χ3n) is 4.11. The number of benzene rings is 2. The molecule has 9 heteroatoms. The molecule has 2 aromatic carbocycles. The molecule has 8 nitrogen and oxygen atoms in total. The standard InChI is InChI=1S/C20H20FN3O5/c1-11-6-14(21)16(8-17(11)26)24-20-13-7-18(27-3)19(9-15(13)22-10-23-20)29-5-4-28-12(2)25/h6-10,26H,4-5H2,1-3H3,(H,22,23,24). The maximum atomic E-state index is 14.3. The van der Waals surface area contributed by atoms with Crippen molar-refractivity contribution in [2.45, 2.75) is 13.8 Å². The molecule has 29 heavy (non-hydrogen) atoms. The number of fused-ring (bicyclic) bond motifs is 1. The van der Waals surface area contributed by atoms with Gasteiger partial charge in [0, 0.05) is 24.4 Å². The summed E-state index contributed by atoms with van der Waals surface area (Å²) in [6.45, 7) is 3.17. The Morgan fingerprint density at radius 3 is 2.69 bits per heavy atom. The van der Waals surface area contributed by atoms with Gasteiger partial charge in [-0.3, -0.25) is 4.79 Å². The normalized spacial score (nSPS) is 10.6. The van der Waals surface area contributed by atoms with Crippen LogP contribution in [0.3, 0.4) is 0 Å². The lowest BCUT2D eigenvalue weighted by Crippen LogP contribution is -2.10. The minimum atomic E-state index is -0.524. The number of carbonyl (C=O) groups is 1. The lowest BCUT2D eigenvalue weighted by molar-refractivity contribution is -0.141. The number of esters is 1. The molecular formula is C20H20FN3O5. The number of methoxy groups -OCH3 is 1. The van der Waals surface area contributed by atoms with E-state index < -0.39 is 11.8 Å². The maximum absolute atomic E-state index is 14.3. The summed E-state index contributed by atoms with van der Waals surface area (Å²) in [4.78, 5) is 19.2. The summed E-state index contributed by atoms with van der Waals surface area (Å²) < 4.78 is 30.1. The number of aromatic hydroxyl groups is 1. The quantitative estimate of drug-likeness (QED) is 0.458. The molecule has 0 unspecified atom stereocenters. The van der Waals surface area contributed by atoms with Gasteiger partial charge in [0.2, 0.25) is 0 Å². The van der Waals surface area contributed by atoms with Gasteiger partial charge in [-0.1, -0.05) is 0 Å². The largest absolute Gasteiger partial charge is 0.508 e. The second-order valence-corrected chi connectivity index (χ2v) is 6.17. The first kappa shape index (κ1) is 20.1. The Morgan fingerprint density at radius 1 is 1.17 bits per heavy atom. The van der Waals surface area contributed by atoms with Gasteiger partial charge in [-0.25, -0.2) is 14.4 Å². The van der Waals surface area contributed by atoms with Crippen LogP contribution in [0, 0.1) is 12.7 Å². The van der Waals surface area contributed by atoms with E-state index in [2.05, 4.69) is 15.3 Å². The van der Waals surface area contributed by atoms with Crippen molar-refractivity contribution in [1.29, 1.82) is 0 Å². The van der Waals surface area contributed by atoms with Gasteiger partial charge in [-0.2, -0.15) is 0 Å². The summed E-state index contributed by atoms with van der Waals surface area (Å²) in [6, 6.07) is 5.83. The molecule has 3 aromatic rings. The molecule has 0 aliphatic heterocycles. The molecule has 0 saturated carbocycles. The summed E-state index contributed by atoms with van der Waals surface area (Å²) in [7, 11) is 1.48. The zero-order chi connectivity index (χ0) is 21.0. The van der Waals surface area contributed by atoms with Crippen LogP contribution >= 0.6 is 0 Å². The van der Waals surface area contributed by atoms with Crippen molar-refractivity contribution in [2.75, 3.05) is 25.6 Å². The van der Waals surface area contributed by atoms with E-state index in [1.807, 2.05) is 0 Å². The molecule has 0 amide bonds. The van der Waals surface area contributed by atoms with E-state index in [0.29, 0.717) is 33.8 Å². The van der Waals surface area contributed by atoms with Crippen molar-refractivity contribution in [3.8, 4) is 17.2 Å². The molecule has 0 atom stereocenters. The van der Waals surface area contributed by atoms with Crippen LogP contribution in [0.15, 0.2) is 30.6 Å². The Labute approximate surface area is 166 Å². The van der Waals surface area contributed by atoms with E-state index in [1.165, 1.54) is 32.5 Å². The van der Waals surface area contributed by atoms with E-state index in [0.717, 1.165) is 0 Å². The molecule has 1 aromatic heterocycles. The van der Waals surface area contributed by atoms with Crippen LogP contribution in [0.25, 0.3) is 10.9 Å². The van der Waals surface area contributed by atoms with Gasteiger partial charge < -0.3 is 24.6 Å². The van der Waals surface area contributed by atoms with Gasteiger partial charge >= 0.3 is 5.97 Å². The molecule has 0 saturated heterocycles. The number of nitrogens with one attached hydrogen (secondary N) is 1. The van der Waals surface area contributed by atoms with E-state index in [9.17, 15) is 14.3 Å². The number of halogens is 1. The zero-order valence-electron chi connectivity index (χ0n) is 16.2. The van der Waals surface area contributed by atoms with E-state index in [-0.39, 0.29) is 24.7 Å². The number of ether oxygens (including phenoxy) is 3. The fraction of sp³-hybridized carbons (Fsp3) is 0.250. The second kappa shape index (κ2) is 8.59. The first-order chi connectivity index (χ1) is 13.9. The number of rotatable bonds is 7. The average Bonchev–Trinajstić information content (AvgIpc) is 2.68. The van der Waals surface area contributed by atoms with Crippen molar-refractivity contribution in [3.05, 3.63) is 42.0 Å². The van der Waals surface area contributed by atoms with Gasteiger partial charge in [0.25, 0.3) is 0 Å². The average molecular weight is 401 g/mol. The maximum Gasteiger partial charge on any atom is 0.302 e. The predicted octanol–water partition coefficient (Wildman–Crippen LogP) is 3.48. The molecular weight excluding hydrogens is 381 g/mol. The number of aryl methyl sites for hydroxylation is 1. The highest BCUT2D eigenvalue weighted by atomic mass is 19.1. The highest BCUT2D eigenvalue weighted by Crippen LogP contribution is 2.35. The smallest absolute Gasteiger partial charge is 0.302 e. The van der Waals surface area contributed by atoms with Gasteiger partial charge in [-0.05, 0) is 24.6 Å². The number of hydrogen-bond acceptors (Lipinski definition) is 8. The minimum Gasteiger partial charge on any atom is -0.508 e. The molecule has 152 valence electrons. The lowest BCUT2D eigenvalue weighted by Gasteiger charge is -2.14. The fourth-order valence-electron chi connectivity index (χ4n) is 2.66. The minimum absolute atomic E-state index is 0.0340. The topological polar surface area (TPSA) is 103 Å². The Hall–Kier alpha value is -3.62. The van der Waals surface area contributed by atoms with Crippen LogP contribution in [-0.2, 0) is 9.53 Å². The summed E-state index contributed by atoms with van der Waals surface area (Å²) in [5.41, 5.74) is 1.04. The number of carbonyl (C=O) groups excluding carboxylic acids is 1. The van der Waals surface area contributed by atoms with Crippen molar-refractivity contribution in [2.24, 2.45) is 0 Å². The van der Waals surface area contributed by atoms with Crippen molar-refractivity contribution < 1.29 is 28.5 Å². The Balaban J connectivity index is 1.92. The van der Waals surface area contributed by atoms with Crippen LogP contribution in [0.5, 0.6) is 17.2 Å². The molecule has 0 radical (unpaired) electrons. The number of phenolic OH excluding ortho intramolecular Hbond substituents is 1. The first-order valence-electron chi connectivity index (χ1n) is 8.74. The molecule has 0 bridgehead atoms. The van der Waals surface area contributed by atoms with Gasteiger partial charge in [0.15, 0.2) is 11.5 Å². The van der Waals surface area contributed by atoms with Gasteiger partial charge in [0.05, 0.1) is 18.3 Å². The van der Waals surface area contributed by atoms with Crippen molar-refractivity contribution in [3.63, 3.8) is 0 Å². The molecule has 2 N–H and O–H groups in total. The number of phenols is 1. The van der Waals surface area contributed by atoms with Crippen molar-refractivity contribution in [1.82, 2.24) is 9.97 Å². The third kappa shape index (κ3) is 4.63. The van der Waals surface area contributed by atoms with Gasteiger partial charge in [0.1, 0.15) is 36.9 Å². The Morgan fingerprint density at radius 2 is 1.97 bits per heavy atom. The summed E-state index contributed by atoms with van der Waals surface area (Å²) in [6.07, 6.45) is 1.33. The Bertz CT molecular complexity index is 1060.